The van der Waals surface area contributed by atoms with E-state index in [9.17, 15) is 4.79 Å². The number of hydrogen-bond donors (Lipinski definition) is 1. The summed E-state index contributed by atoms with van der Waals surface area (Å²) in [7, 11) is 1.70. The number of hydrogen-bond acceptors (Lipinski definition) is 5. The summed E-state index contributed by atoms with van der Waals surface area (Å²) in [5, 5.41) is 3.32. The molecule has 1 N–H and O–H groups in total. The van der Waals surface area contributed by atoms with E-state index in [0.717, 1.165) is 69.0 Å². The Hall–Kier alpha value is -2.41. The first-order valence-corrected chi connectivity index (χ1v) is 12.0. The average molecular weight is 453 g/mol. The fourth-order valence-electron chi connectivity index (χ4n) is 4.92. The summed E-state index contributed by atoms with van der Waals surface area (Å²) in [6.45, 7) is 7.61. The highest BCUT2D eigenvalue weighted by molar-refractivity contribution is 5.83. The van der Waals surface area contributed by atoms with Crippen LogP contribution in [0.2, 0.25) is 0 Å². The van der Waals surface area contributed by atoms with Gasteiger partial charge in [-0.2, -0.15) is 0 Å². The highest BCUT2D eigenvalue weighted by atomic mass is 16.5. The molecule has 6 heteroatoms. The number of ether oxygens (including phenoxy) is 3. The number of carbonyl (C=O) groups excluding carboxylic acids is 1. The first-order chi connectivity index (χ1) is 16.1. The molecule has 0 bridgehead atoms. The van der Waals surface area contributed by atoms with Crippen molar-refractivity contribution in [2.75, 3.05) is 53.2 Å². The van der Waals surface area contributed by atoms with Crippen molar-refractivity contribution in [3.05, 3.63) is 54.1 Å². The quantitative estimate of drug-likeness (QED) is 0.664. The van der Waals surface area contributed by atoms with Crippen LogP contribution < -0.4 is 10.1 Å². The summed E-state index contributed by atoms with van der Waals surface area (Å²) in [6.07, 6.45) is 2.22. The molecule has 2 aliphatic rings. The van der Waals surface area contributed by atoms with Gasteiger partial charge in [0, 0.05) is 44.5 Å². The van der Waals surface area contributed by atoms with Gasteiger partial charge in [0.25, 0.3) is 0 Å². The van der Waals surface area contributed by atoms with Gasteiger partial charge in [0.05, 0.1) is 25.7 Å². The molecule has 178 valence electrons. The molecule has 2 aliphatic heterocycles. The molecule has 0 aliphatic carbocycles. The molecule has 2 aromatic carbocycles. The summed E-state index contributed by atoms with van der Waals surface area (Å²) < 4.78 is 16.6. The van der Waals surface area contributed by atoms with E-state index in [2.05, 4.69) is 47.5 Å². The van der Waals surface area contributed by atoms with Crippen LogP contribution in [0.4, 0.5) is 0 Å². The monoisotopic (exact) mass is 452 g/mol. The van der Waals surface area contributed by atoms with Gasteiger partial charge in [0.1, 0.15) is 5.75 Å². The maximum absolute atomic E-state index is 13.5. The lowest BCUT2D eigenvalue weighted by Crippen LogP contribution is -2.52. The molecule has 0 radical (unpaired) electrons. The van der Waals surface area contributed by atoms with Crippen molar-refractivity contribution in [1.82, 2.24) is 10.2 Å². The zero-order valence-electron chi connectivity index (χ0n) is 19.8. The van der Waals surface area contributed by atoms with Crippen molar-refractivity contribution >= 4 is 5.91 Å². The predicted molar refractivity (Wildman–Crippen MR) is 129 cm³/mol. The number of amides is 1. The molecule has 6 nitrogen and oxygen atoms in total. The molecule has 2 heterocycles. The molecule has 0 saturated carbocycles. The lowest BCUT2D eigenvalue weighted by atomic mass is 9.74. The zero-order chi connectivity index (χ0) is 23.1. The molecule has 1 atom stereocenters. The minimum absolute atomic E-state index is 0.100. The van der Waals surface area contributed by atoms with Gasteiger partial charge in [-0.3, -0.25) is 9.69 Å². The van der Waals surface area contributed by atoms with E-state index in [4.69, 9.17) is 14.2 Å². The van der Waals surface area contributed by atoms with Gasteiger partial charge in [-0.1, -0.05) is 42.5 Å². The zero-order valence-corrected chi connectivity index (χ0v) is 19.8. The van der Waals surface area contributed by atoms with E-state index in [1.165, 1.54) is 5.56 Å². The van der Waals surface area contributed by atoms with Crippen LogP contribution in [0.3, 0.4) is 0 Å². The Morgan fingerprint density at radius 3 is 2.39 bits per heavy atom. The van der Waals surface area contributed by atoms with E-state index in [-0.39, 0.29) is 11.9 Å². The van der Waals surface area contributed by atoms with Crippen molar-refractivity contribution in [2.24, 2.45) is 5.41 Å². The van der Waals surface area contributed by atoms with Crippen LogP contribution in [-0.2, 0) is 20.7 Å². The van der Waals surface area contributed by atoms with Crippen LogP contribution >= 0.6 is 0 Å². The van der Waals surface area contributed by atoms with E-state index >= 15 is 0 Å². The van der Waals surface area contributed by atoms with Gasteiger partial charge in [0.15, 0.2) is 0 Å². The number of benzene rings is 2. The van der Waals surface area contributed by atoms with E-state index in [0.29, 0.717) is 13.2 Å². The molecule has 0 spiro atoms. The van der Waals surface area contributed by atoms with E-state index in [1.807, 2.05) is 18.2 Å². The van der Waals surface area contributed by atoms with Crippen LogP contribution in [0.25, 0.3) is 11.1 Å². The van der Waals surface area contributed by atoms with Crippen LogP contribution in [0.5, 0.6) is 5.75 Å². The topological polar surface area (TPSA) is 60.0 Å². The van der Waals surface area contributed by atoms with Crippen LogP contribution in [0.1, 0.15) is 25.3 Å². The maximum atomic E-state index is 13.5. The Labute approximate surface area is 197 Å². The highest BCUT2D eigenvalue weighted by Gasteiger charge is 2.40. The molecule has 2 fully saturated rings. The minimum Gasteiger partial charge on any atom is -0.496 e. The summed E-state index contributed by atoms with van der Waals surface area (Å²) in [5.74, 6) is 1.01. The fourth-order valence-corrected chi connectivity index (χ4v) is 4.92. The first kappa shape index (κ1) is 23.7. The molecule has 2 saturated heterocycles. The number of rotatable bonds is 8. The molecule has 1 amide bonds. The average Bonchev–Trinajstić information content (AvgIpc) is 2.85. The number of methoxy groups -OCH3 is 1. The lowest BCUT2D eigenvalue weighted by molar-refractivity contribution is -0.137. The first-order valence-electron chi connectivity index (χ1n) is 12.0. The summed E-state index contributed by atoms with van der Waals surface area (Å²) in [5.41, 5.74) is 2.93. The SMILES string of the molecule is COc1ccccc1-c1ccc(CC2(C(=O)N[C@H](C)CN3CCOCC3)CCOCC2)cc1. The van der Waals surface area contributed by atoms with Gasteiger partial charge < -0.3 is 19.5 Å². The number of nitrogens with zero attached hydrogens (tertiary/aromatic N) is 1. The second kappa shape index (κ2) is 11.1. The minimum atomic E-state index is -0.427. The van der Waals surface area contributed by atoms with Crippen molar-refractivity contribution in [1.29, 1.82) is 0 Å². The van der Waals surface area contributed by atoms with Gasteiger partial charge in [-0.05, 0) is 43.4 Å². The smallest absolute Gasteiger partial charge is 0.226 e. The molecule has 4 rings (SSSR count). The molecular weight excluding hydrogens is 416 g/mol. The van der Waals surface area contributed by atoms with E-state index < -0.39 is 5.41 Å². The third-order valence-corrected chi connectivity index (χ3v) is 6.86. The third kappa shape index (κ3) is 5.94. The Bertz CT molecular complexity index is 903. The normalized spacial score (nSPS) is 19.6. The van der Waals surface area contributed by atoms with Gasteiger partial charge in [-0.15, -0.1) is 0 Å². The van der Waals surface area contributed by atoms with Crippen molar-refractivity contribution < 1.29 is 19.0 Å². The van der Waals surface area contributed by atoms with Crippen molar-refractivity contribution in [2.45, 2.75) is 32.2 Å². The maximum Gasteiger partial charge on any atom is 0.226 e. The van der Waals surface area contributed by atoms with Crippen molar-refractivity contribution in [3.63, 3.8) is 0 Å². The molecular formula is C27H36N2O4. The summed E-state index contributed by atoms with van der Waals surface area (Å²) in [4.78, 5) is 15.9. The van der Waals surface area contributed by atoms with Crippen LogP contribution in [0.15, 0.2) is 48.5 Å². The predicted octanol–water partition coefficient (Wildman–Crippen LogP) is 3.54. The van der Waals surface area contributed by atoms with Crippen LogP contribution in [-0.4, -0.2) is 70.0 Å². The Kier molecular flexibility index (Phi) is 8.02. The van der Waals surface area contributed by atoms with Gasteiger partial charge >= 0.3 is 0 Å². The fraction of sp³-hybridized carbons (Fsp3) is 0.519. The van der Waals surface area contributed by atoms with E-state index in [1.54, 1.807) is 7.11 Å². The van der Waals surface area contributed by atoms with Crippen LogP contribution in [0, 0.1) is 5.41 Å². The standard InChI is InChI=1S/C27H36N2O4/c1-21(20-29-13-17-33-18-14-29)28-26(30)27(11-15-32-16-12-27)19-22-7-9-23(10-8-22)24-5-3-4-6-25(24)31-2/h3-10,21H,11-20H2,1-2H3,(H,28,30)/t21-/m1/s1. The third-order valence-electron chi connectivity index (χ3n) is 6.86. The molecule has 0 aromatic heterocycles. The molecule has 33 heavy (non-hydrogen) atoms. The van der Waals surface area contributed by atoms with Gasteiger partial charge in [-0.25, -0.2) is 0 Å². The number of carbonyl (C=O) groups is 1. The Morgan fingerprint density at radius 1 is 1.03 bits per heavy atom. The largest absolute Gasteiger partial charge is 0.496 e. The molecule has 0 unspecified atom stereocenters. The summed E-state index contributed by atoms with van der Waals surface area (Å²) >= 11 is 0. The molecule has 2 aromatic rings. The number of morpholine rings is 1. The Morgan fingerprint density at radius 2 is 1.70 bits per heavy atom. The second-order valence-electron chi connectivity index (χ2n) is 9.25. The lowest BCUT2D eigenvalue weighted by Gasteiger charge is -2.37. The summed E-state index contributed by atoms with van der Waals surface area (Å²) in [6, 6.07) is 16.7. The number of para-hydroxylation sites is 1. The second-order valence-corrected chi connectivity index (χ2v) is 9.25. The Balaban J connectivity index is 1.45. The van der Waals surface area contributed by atoms with Gasteiger partial charge in [0.2, 0.25) is 5.91 Å². The number of nitrogens with one attached hydrogen (secondary N) is 1. The highest BCUT2D eigenvalue weighted by Crippen LogP contribution is 2.36. The van der Waals surface area contributed by atoms with Crippen molar-refractivity contribution in [3.8, 4) is 16.9 Å².